The molecule has 1 saturated carbocycles. The maximum absolute atomic E-state index is 13.0. The predicted octanol–water partition coefficient (Wildman–Crippen LogP) is 2.74. The molecule has 0 amide bonds. The number of carbonyl (C=O) groups excluding carboxylic acids is 1. The van der Waals surface area contributed by atoms with Crippen molar-refractivity contribution >= 4 is 5.78 Å². The monoisotopic (exact) mass is 263 g/mol. The summed E-state index contributed by atoms with van der Waals surface area (Å²) in [7, 11) is 4.07. The summed E-state index contributed by atoms with van der Waals surface area (Å²) >= 11 is 0. The Bertz CT molecular complexity index is 428. The Hall–Kier alpha value is -1.16. The smallest absolute Gasteiger partial charge is 0.186 e. The fourth-order valence-electron chi connectivity index (χ4n) is 3.11. The molecule has 0 N–H and O–H groups in total. The van der Waals surface area contributed by atoms with Gasteiger partial charge in [0.15, 0.2) is 5.78 Å². The van der Waals surface area contributed by atoms with Gasteiger partial charge in [0.1, 0.15) is 0 Å². The number of hydrogen-bond acceptors (Lipinski definition) is 3. The SMILES string of the molecule is CCn1cc(C(=O)C2(N(C)C)CCCCCC2)cn1. The van der Waals surface area contributed by atoms with Gasteiger partial charge in [0.25, 0.3) is 0 Å². The highest BCUT2D eigenvalue weighted by Gasteiger charge is 2.41. The molecule has 106 valence electrons. The molecule has 0 spiro atoms. The van der Waals surface area contributed by atoms with Gasteiger partial charge in [-0.25, -0.2) is 0 Å². The van der Waals surface area contributed by atoms with E-state index in [1.165, 1.54) is 12.8 Å². The summed E-state index contributed by atoms with van der Waals surface area (Å²) in [4.78, 5) is 15.1. The molecule has 4 heteroatoms. The number of rotatable bonds is 4. The summed E-state index contributed by atoms with van der Waals surface area (Å²) in [6.07, 6.45) is 10.3. The number of hydrogen-bond donors (Lipinski definition) is 0. The number of ketones is 1. The normalized spacial score (nSPS) is 19.4. The molecule has 1 heterocycles. The number of Topliss-reactive ketones (excluding diaryl/α,β-unsaturated/α-hetero) is 1. The van der Waals surface area contributed by atoms with Gasteiger partial charge in [-0.2, -0.15) is 5.10 Å². The second-order valence-corrected chi connectivity index (χ2v) is 5.75. The number of nitrogens with zero attached hydrogens (tertiary/aromatic N) is 3. The Balaban J connectivity index is 2.29. The average Bonchev–Trinajstić information content (AvgIpc) is 2.74. The topological polar surface area (TPSA) is 38.1 Å². The molecule has 0 saturated heterocycles. The number of likely N-dealkylation sites (N-methyl/N-ethyl adjacent to an activating group) is 1. The minimum Gasteiger partial charge on any atom is -0.297 e. The van der Waals surface area contributed by atoms with E-state index in [4.69, 9.17) is 0 Å². The summed E-state index contributed by atoms with van der Waals surface area (Å²) in [5.74, 6) is 0.249. The van der Waals surface area contributed by atoms with Gasteiger partial charge in [-0.05, 0) is 33.9 Å². The molecule has 1 aliphatic rings. The van der Waals surface area contributed by atoms with Crippen molar-refractivity contribution in [1.29, 1.82) is 0 Å². The summed E-state index contributed by atoms with van der Waals surface area (Å²) in [6.45, 7) is 2.84. The van der Waals surface area contributed by atoms with E-state index in [-0.39, 0.29) is 11.3 Å². The van der Waals surface area contributed by atoms with Crippen LogP contribution in [-0.2, 0) is 6.54 Å². The van der Waals surface area contributed by atoms with Crippen LogP contribution in [0.3, 0.4) is 0 Å². The zero-order chi connectivity index (χ0) is 13.9. The van der Waals surface area contributed by atoms with Crippen molar-refractivity contribution in [2.24, 2.45) is 0 Å². The molecule has 1 aromatic heterocycles. The van der Waals surface area contributed by atoms with Gasteiger partial charge in [0, 0.05) is 12.7 Å². The maximum Gasteiger partial charge on any atom is 0.186 e. The quantitative estimate of drug-likeness (QED) is 0.619. The highest BCUT2D eigenvalue weighted by atomic mass is 16.1. The van der Waals surface area contributed by atoms with E-state index < -0.39 is 0 Å². The molecule has 0 atom stereocenters. The van der Waals surface area contributed by atoms with Crippen LogP contribution in [-0.4, -0.2) is 40.1 Å². The molecule has 4 nitrogen and oxygen atoms in total. The van der Waals surface area contributed by atoms with E-state index >= 15 is 0 Å². The fraction of sp³-hybridized carbons (Fsp3) is 0.733. The van der Waals surface area contributed by atoms with Gasteiger partial charge in [-0.15, -0.1) is 0 Å². The van der Waals surface area contributed by atoms with Gasteiger partial charge in [0.05, 0.1) is 17.3 Å². The molecule has 0 radical (unpaired) electrons. The molecule has 1 aromatic rings. The summed E-state index contributed by atoms with van der Waals surface area (Å²) < 4.78 is 1.83. The third-order valence-electron chi connectivity index (χ3n) is 4.43. The van der Waals surface area contributed by atoms with Crippen LogP contribution in [0.4, 0.5) is 0 Å². The van der Waals surface area contributed by atoms with Gasteiger partial charge in [-0.1, -0.05) is 25.7 Å². The lowest BCUT2D eigenvalue weighted by molar-refractivity contribution is 0.0635. The van der Waals surface area contributed by atoms with Crippen molar-refractivity contribution < 1.29 is 4.79 Å². The van der Waals surface area contributed by atoms with E-state index in [0.29, 0.717) is 0 Å². The number of aryl methyl sites for hydroxylation is 1. The first-order valence-electron chi connectivity index (χ1n) is 7.35. The van der Waals surface area contributed by atoms with E-state index in [9.17, 15) is 4.79 Å². The minimum absolute atomic E-state index is 0.249. The first kappa shape index (κ1) is 14.3. The number of carbonyl (C=O) groups is 1. The lowest BCUT2D eigenvalue weighted by atomic mass is 9.82. The standard InChI is InChI=1S/C15H25N3O/c1-4-18-12-13(11-16-18)14(19)15(17(2)3)9-7-5-6-8-10-15/h11-12H,4-10H2,1-3H3. The molecular weight excluding hydrogens is 238 g/mol. The Morgan fingerprint density at radius 3 is 2.42 bits per heavy atom. The Morgan fingerprint density at radius 1 is 1.32 bits per heavy atom. The highest BCUT2D eigenvalue weighted by Crippen LogP contribution is 2.34. The van der Waals surface area contributed by atoms with Crippen molar-refractivity contribution in [2.75, 3.05) is 14.1 Å². The lowest BCUT2D eigenvalue weighted by Gasteiger charge is -2.37. The molecule has 1 fully saturated rings. The van der Waals surface area contributed by atoms with Crippen molar-refractivity contribution in [1.82, 2.24) is 14.7 Å². The zero-order valence-electron chi connectivity index (χ0n) is 12.4. The van der Waals surface area contributed by atoms with Crippen LogP contribution in [0.15, 0.2) is 12.4 Å². The molecule has 0 unspecified atom stereocenters. The van der Waals surface area contributed by atoms with E-state index in [1.807, 2.05) is 31.9 Å². The van der Waals surface area contributed by atoms with Crippen molar-refractivity contribution in [2.45, 2.75) is 57.5 Å². The molecule has 0 aromatic carbocycles. The molecule has 2 rings (SSSR count). The lowest BCUT2D eigenvalue weighted by Crippen LogP contribution is -2.50. The Labute approximate surface area is 115 Å². The summed E-state index contributed by atoms with van der Waals surface area (Å²) in [6, 6.07) is 0. The minimum atomic E-state index is -0.321. The van der Waals surface area contributed by atoms with Crippen LogP contribution in [0.5, 0.6) is 0 Å². The maximum atomic E-state index is 13.0. The van der Waals surface area contributed by atoms with Gasteiger partial charge >= 0.3 is 0 Å². The number of aromatic nitrogens is 2. The summed E-state index contributed by atoms with van der Waals surface area (Å²) in [5.41, 5.74) is 0.440. The Morgan fingerprint density at radius 2 is 1.95 bits per heavy atom. The summed E-state index contributed by atoms with van der Waals surface area (Å²) in [5, 5.41) is 4.24. The largest absolute Gasteiger partial charge is 0.297 e. The second kappa shape index (κ2) is 5.87. The molecule has 1 aliphatic carbocycles. The second-order valence-electron chi connectivity index (χ2n) is 5.75. The van der Waals surface area contributed by atoms with Gasteiger partial charge < -0.3 is 0 Å². The average molecular weight is 263 g/mol. The van der Waals surface area contributed by atoms with Crippen LogP contribution in [0.2, 0.25) is 0 Å². The van der Waals surface area contributed by atoms with Crippen LogP contribution < -0.4 is 0 Å². The van der Waals surface area contributed by atoms with E-state index in [2.05, 4.69) is 10.00 Å². The van der Waals surface area contributed by atoms with Crippen LogP contribution >= 0.6 is 0 Å². The van der Waals surface area contributed by atoms with Gasteiger partial charge in [0.2, 0.25) is 0 Å². The van der Waals surface area contributed by atoms with Crippen molar-refractivity contribution in [3.63, 3.8) is 0 Å². The van der Waals surface area contributed by atoms with E-state index in [1.54, 1.807) is 6.20 Å². The van der Waals surface area contributed by atoms with Crippen molar-refractivity contribution in [3.8, 4) is 0 Å². The third kappa shape index (κ3) is 2.73. The first-order valence-corrected chi connectivity index (χ1v) is 7.35. The van der Waals surface area contributed by atoms with Crippen molar-refractivity contribution in [3.05, 3.63) is 18.0 Å². The van der Waals surface area contributed by atoms with Gasteiger partial charge in [-0.3, -0.25) is 14.4 Å². The first-order chi connectivity index (χ1) is 9.10. The zero-order valence-corrected chi connectivity index (χ0v) is 12.4. The molecular formula is C15H25N3O. The van der Waals surface area contributed by atoms with Crippen LogP contribution in [0.25, 0.3) is 0 Å². The molecule has 0 bridgehead atoms. The predicted molar refractivity (Wildman–Crippen MR) is 76.4 cm³/mol. The molecule has 0 aliphatic heterocycles. The molecule has 19 heavy (non-hydrogen) atoms. The highest BCUT2D eigenvalue weighted by molar-refractivity contribution is 6.02. The van der Waals surface area contributed by atoms with E-state index in [0.717, 1.165) is 37.8 Å². The third-order valence-corrected chi connectivity index (χ3v) is 4.43. The van der Waals surface area contributed by atoms with Crippen LogP contribution in [0, 0.1) is 0 Å². The van der Waals surface area contributed by atoms with Crippen LogP contribution in [0.1, 0.15) is 55.8 Å². The fourth-order valence-corrected chi connectivity index (χ4v) is 3.11. The Kier molecular flexibility index (Phi) is 4.40.